The van der Waals surface area contributed by atoms with Crippen LogP contribution in [0.2, 0.25) is 0 Å². The molecule has 3 rings (SSSR count). The number of anilines is 1. The Morgan fingerprint density at radius 2 is 2.32 bits per heavy atom. The van der Waals surface area contributed by atoms with Crippen LogP contribution in [0.15, 0.2) is 24.8 Å². The van der Waals surface area contributed by atoms with Crippen LogP contribution >= 0.6 is 0 Å². The second-order valence-corrected chi connectivity index (χ2v) is 4.68. The van der Waals surface area contributed by atoms with Crippen LogP contribution in [0.1, 0.15) is 24.6 Å². The molecular formula is C13H17N5O. The number of ether oxygens (including phenoxy) is 1. The van der Waals surface area contributed by atoms with Crippen LogP contribution in [0.25, 0.3) is 0 Å². The van der Waals surface area contributed by atoms with Crippen molar-refractivity contribution in [1.82, 2.24) is 19.9 Å². The van der Waals surface area contributed by atoms with Gasteiger partial charge in [0.25, 0.3) is 0 Å². The lowest BCUT2D eigenvalue weighted by Gasteiger charge is -2.32. The van der Waals surface area contributed by atoms with Gasteiger partial charge in [0.2, 0.25) is 5.88 Å². The Morgan fingerprint density at radius 3 is 3.11 bits per heavy atom. The molecule has 100 valence electrons. The van der Waals surface area contributed by atoms with Crippen molar-refractivity contribution in [2.75, 3.05) is 25.1 Å². The number of imidazole rings is 1. The maximum atomic E-state index is 5.15. The summed E-state index contributed by atoms with van der Waals surface area (Å²) in [5.41, 5.74) is 0. The third kappa shape index (κ3) is 2.52. The molecule has 1 aliphatic rings. The van der Waals surface area contributed by atoms with Crippen molar-refractivity contribution in [1.29, 1.82) is 0 Å². The molecule has 0 saturated carbocycles. The van der Waals surface area contributed by atoms with Crippen LogP contribution in [0.3, 0.4) is 0 Å². The largest absolute Gasteiger partial charge is 0.481 e. The second kappa shape index (κ2) is 5.26. The van der Waals surface area contributed by atoms with Crippen LogP contribution in [-0.4, -0.2) is 40.1 Å². The zero-order chi connectivity index (χ0) is 13.1. The van der Waals surface area contributed by atoms with Gasteiger partial charge in [0.05, 0.1) is 7.11 Å². The summed E-state index contributed by atoms with van der Waals surface area (Å²) >= 11 is 0. The highest BCUT2D eigenvalue weighted by Crippen LogP contribution is 2.27. The summed E-state index contributed by atoms with van der Waals surface area (Å²) in [7, 11) is 1.62. The van der Waals surface area contributed by atoms with Gasteiger partial charge in [-0.15, -0.1) is 0 Å². The van der Waals surface area contributed by atoms with E-state index < -0.39 is 0 Å². The molecule has 19 heavy (non-hydrogen) atoms. The Bertz CT molecular complexity index is 528. The smallest absolute Gasteiger partial charge is 0.218 e. The number of hydrogen-bond donors (Lipinski definition) is 1. The third-order valence-corrected chi connectivity index (χ3v) is 3.49. The summed E-state index contributed by atoms with van der Waals surface area (Å²) in [4.78, 5) is 18.2. The number of piperidine rings is 1. The van der Waals surface area contributed by atoms with Gasteiger partial charge in [-0.2, -0.15) is 0 Å². The second-order valence-electron chi connectivity index (χ2n) is 4.68. The first-order chi connectivity index (χ1) is 9.36. The fourth-order valence-electron chi connectivity index (χ4n) is 2.52. The summed E-state index contributed by atoms with van der Waals surface area (Å²) < 4.78 is 5.15. The number of methoxy groups -OCH3 is 1. The van der Waals surface area contributed by atoms with Crippen molar-refractivity contribution in [2.24, 2.45) is 0 Å². The number of nitrogens with one attached hydrogen (secondary N) is 1. The highest BCUT2D eigenvalue weighted by atomic mass is 16.5. The van der Waals surface area contributed by atoms with Gasteiger partial charge < -0.3 is 14.6 Å². The number of rotatable bonds is 3. The van der Waals surface area contributed by atoms with Crippen LogP contribution in [0.4, 0.5) is 5.82 Å². The predicted octanol–water partition coefficient (Wildman–Crippen LogP) is 1.59. The van der Waals surface area contributed by atoms with E-state index in [0.29, 0.717) is 11.8 Å². The first-order valence-corrected chi connectivity index (χ1v) is 6.47. The normalized spacial score (nSPS) is 19.4. The Labute approximate surface area is 111 Å². The van der Waals surface area contributed by atoms with E-state index in [1.54, 1.807) is 13.4 Å². The van der Waals surface area contributed by atoms with Crippen molar-refractivity contribution < 1.29 is 4.74 Å². The van der Waals surface area contributed by atoms with Gasteiger partial charge in [0.15, 0.2) is 0 Å². The molecule has 0 aromatic carbocycles. The molecule has 1 N–H and O–H groups in total. The summed E-state index contributed by atoms with van der Waals surface area (Å²) in [6.45, 7) is 1.94. The van der Waals surface area contributed by atoms with E-state index in [9.17, 15) is 0 Å². The van der Waals surface area contributed by atoms with Gasteiger partial charge in [-0.1, -0.05) is 0 Å². The standard InChI is InChI=1S/C13H17N5O/c1-19-12-7-11(16-9-17-12)18-6-2-3-10(8-18)13-14-4-5-15-13/h4-5,7,9-10H,2-3,6,8H2,1H3,(H,14,15)/t10-/m1/s1. The monoisotopic (exact) mass is 259 g/mol. The molecule has 1 aliphatic heterocycles. The molecule has 1 fully saturated rings. The molecule has 2 aromatic heterocycles. The minimum Gasteiger partial charge on any atom is -0.481 e. The fraction of sp³-hybridized carbons (Fsp3) is 0.462. The molecule has 6 nitrogen and oxygen atoms in total. The summed E-state index contributed by atoms with van der Waals surface area (Å²) in [6, 6.07) is 1.88. The van der Waals surface area contributed by atoms with E-state index in [1.807, 2.05) is 18.5 Å². The molecule has 0 amide bonds. The Balaban J connectivity index is 1.77. The van der Waals surface area contributed by atoms with Crippen molar-refractivity contribution in [3.05, 3.63) is 30.6 Å². The lowest BCUT2D eigenvalue weighted by Crippen LogP contribution is -2.35. The van der Waals surface area contributed by atoms with Gasteiger partial charge in [0.1, 0.15) is 18.0 Å². The van der Waals surface area contributed by atoms with Gasteiger partial charge in [-0.05, 0) is 12.8 Å². The molecule has 6 heteroatoms. The molecule has 0 aliphatic carbocycles. The van der Waals surface area contributed by atoms with Crippen molar-refractivity contribution in [3.63, 3.8) is 0 Å². The molecule has 0 bridgehead atoms. The van der Waals surface area contributed by atoms with Crippen molar-refractivity contribution in [3.8, 4) is 5.88 Å². The van der Waals surface area contributed by atoms with E-state index in [2.05, 4.69) is 24.8 Å². The first-order valence-electron chi connectivity index (χ1n) is 6.47. The Kier molecular flexibility index (Phi) is 3.31. The topological polar surface area (TPSA) is 66.9 Å². The molecule has 0 radical (unpaired) electrons. The highest BCUT2D eigenvalue weighted by molar-refractivity contribution is 5.41. The van der Waals surface area contributed by atoms with Crippen LogP contribution in [0, 0.1) is 0 Å². The SMILES string of the molecule is COc1cc(N2CCC[C@@H](c3ncc[nH]3)C2)ncn1. The lowest BCUT2D eigenvalue weighted by atomic mass is 9.97. The van der Waals surface area contributed by atoms with Crippen LogP contribution < -0.4 is 9.64 Å². The fourth-order valence-corrected chi connectivity index (χ4v) is 2.52. The molecule has 1 saturated heterocycles. The average molecular weight is 259 g/mol. The van der Waals surface area contributed by atoms with Crippen LogP contribution in [0.5, 0.6) is 5.88 Å². The Hall–Kier alpha value is -2.11. The summed E-state index contributed by atoms with van der Waals surface area (Å²) in [6.07, 6.45) is 7.53. The lowest BCUT2D eigenvalue weighted by molar-refractivity contribution is 0.396. The zero-order valence-corrected chi connectivity index (χ0v) is 10.9. The van der Waals surface area contributed by atoms with Gasteiger partial charge in [-0.3, -0.25) is 0 Å². The predicted molar refractivity (Wildman–Crippen MR) is 71.4 cm³/mol. The molecule has 0 unspecified atom stereocenters. The zero-order valence-electron chi connectivity index (χ0n) is 10.9. The number of H-pyrrole nitrogens is 1. The molecular weight excluding hydrogens is 242 g/mol. The minimum absolute atomic E-state index is 0.435. The van der Waals surface area contributed by atoms with E-state index >= 15 is 0 Å². The maximum Gasteiger partial charge on any atom is 0.218 e. The van der Waals surface area contributed by atoms with Gasteiger partial charge in [-0.25, -0.2) is 15.0 Å². The average Bonchev–Trinajstić information content (AvgIpc) is 3.02. The third-order valence-electron chi connectivity index (χ3n) is 3.49. The highest BCUT2D eigenvalue weighted by Gasteiger charge is 2.24. The molecule has 0 spiro atoms. The minimum atomic E-state index is 0.435. The van der Waals surface area contributed by atoms with Crippen molar-refractivity contribution >= 4 is 5.82 Å². The first kappa shape index (κ1) is 12.0. The van der Waals surface area contributed by atoms with Gasteiger partial charge in [0, 0.05) is 37.5 Å². The summed E-state index contributed by atoms with van der Waals surface area (Å²) in [5, 5.41) is 0. The van der Waals surface area contributed by atoms with E-state index in [-0.39, 0.29) is 0 Å². The number of aromatic amines is 1. The summed E-state index contributed by atoms with van der Waals surface area (Å²) in [5.74, 6) is 3.02. The maximum absolute atomic E-state index is 5.15. The molecule has 3 heterocycles. The van der Waals surface area contributed by atoms with E-state index in [1.165, 1.54) is 0 Å². The molecule has 1 atom stereocenters. The van der Waals surface area contributed by atoms with Crippen LogP contribution in [-0.2, 0) is 0 Å². The van der Waals surface area contributed by atoms with Crippen molar-refractivity contribution in [2.45, 2.75) is 18.8 Å². The van der Waals surface area contributed by atoms with E-state index in [0.717, 1.165) is 37.6 Å². The van der Waals surface area contributed by atoms with E-state index in [4.69, 9.17) is 4.74 Å². The Morgan fingerprint density at radius 1 is 1.37 bits per heavy atom. The number of nitrogens with zero attached hydrogens (tertiary/aromatic N) is 4. The van der Waals surface area contributed by atoms with Gasteiger partial charge >= 0.3 is 0 Å². The molecule has 2 aromatic rings. The number of aromatic nitrogens is 4. The quantitative estimate of drug-likeness (QED) is 0.906. The number of hydrogen-bond acceptors (Lipinski definition) is 5.